The minimum atomic E-state index is -3.91. The number of piperidine rings is 1. The normalized spacial score (nSPS) is 24.1. The summed E-state index contributed by atoms with van der Waals surface area (Å²) < 4.78 is 31.5. The van der Waals surface area contributed by atoms with E-state index in [1.54, 1.807) is 0 Å². The summed E-state index contributed by atoms with van der Waals surface area (Å²) >= 11 is 0. The highest BCUT2D eigenvalue weighted by Gasteiger charge is 2.42. The largest absolute Gasteiger partial charge is 0.480 e. The van der Waals surface area contributed by atoms with Gasteiger partial charge in [-0.2, -0.15) is 4.31 Å². The van der Waals surface area contributed by atoms with E-state index in [2.05, 4.69) is 5.16 Å². The molecule has 0 bridgehead atoms. The lowest BCUT2D eigenvalue weighted by Gasteiger charge is -2.35. The standard InChI is InChI=1S/C13H20N2O5S/c1-4-10-5-6-15(11(7-10)13(16)17)21(18,19)12-8(2)14-20-9(12)3/h10-11H,4-7H2,1-3H3,(H,16,17). The fraction of sp³-hybridized carbons (Fsp3) is 0.692. The third-order valence-corrected chi connectivity index (χ3v) is 6.21. The van der Waals surface area contributed by atoms with E-state index in [0.717, 1.165) is 10.7 Å². The van der Waals surface area contributed by atoms with E-state index in [1.165, 1.54) is 13.8 Å². The fourth-order valence-electron chi connectivity index (χ4n) is 2.86. The second kappa shape index (κ2) is 5.76. The number of aromatic nitrogens is 1. The SMILES string of the molecule is CCC1CCN(S(=O)(=O)c2c(C)noc2C)C(C(=O)O)C1. The average molecular weight is 316 g/mol. The first kappa shape index (κ1) is 16.0. The molecule has 1 aliphatic heterocycles. The lowest BCUT2D eigenvalue weighted by Crippen LogP contribution is -2.50. The topological polar surface area (TPSA) is 101 Å². The Kier molecular flexibility index (Phi) is 4.38. The molecule has 1 fully saturated rings. The van der Waals surface area contributed by atoms with Crippen LogP contribution in [0.5, 0.6) is 0 Å². The van der Waals surface area contributed by atoms with Gasteiger partial charge in [-0.1, -0.05) is 18.5 Å². The molecule has 0 aliphatic carbocycles. The van der Waals surface area contributed by atoms with Gasteiger partial charge in [0.05, 0.1) is 0 Å². The lowest BCUT2D eigenvalue weighted by atomic mass is 9.90. The fourth-order valence-corrected chi connectivity index (χ4v) is 4.76. The molecule has 0 saturated carbocycles. The van der Waals surface area contributed by atoms with E-state index in [0.29, 0.717) is 12.8 Å². The van der Waals surface area contributed by atoms with Crippen LogP contribution in [-0.4, -0.2) is 41.5 Å². The van der Waals surface area contributed by atoms with Gasteiger partial charge in [-0.3, -0.25) is 4.79 Å². The zero-order valence-electron chi connectivity index (χ0n) is 12.4. The summed E-state index contributed by atoms with van der Waals surface area (Å²) in [6.07, 6.45) is 1.86. The molecule has 0 spiro atoms. The molecule has 118 valence electrons. The highest BCUT2D eigenvalue weighted by Crippen LogP contribution is 2.32. The number of rotatable bonds is 4. The van der Waals surface area contributed by atoms with Crippen LogP contribution in [0.4, 0.5) is 0 Å². The minimum absolute atomic E-state index is 0.0105. The van der Waals surface area contributed by atoms with Gasteiger partial charge in [-0.05, 0) is 32.6 Å². The Hall–Kier alpha value is -1.41. The summed E-state index contributed by atoms with van der Waals surface area (Å²) in [5.74, 6) is -0.681. The van der Waals surface area contributed by atoms with E-state index < -0.39 is 22.0 Å². The van der Waals surface area contributed by atoms with Crippen LogP contribution in [0.25, 0.3) is 0 Å². The van der Waals surface area contributed by atoms with Crippen molar-refractivity contribution in [2.45, 2.75) is 51.0 Å². The number of hydrogen-bond donors (Lipinski definition) is 1. The van der Waals surface area contributed by atoms with E-state index >= 15 is 0 Å². The average Bonchev–Trinajstić information content (AvgIpc) is 2.77. The molecule has 0 radical (unpaired) electrons. The number of carbonyl (C=O) groups is 1. The second-order valence-electron chi connectivity index (χ2n) is 5.42. The minimum Gasteiger partial charge on any atom is -0.480 e. The molecule has 8 heteroatoms. The van der Waals surface area contributed by atoms with Gasteiger partial charge in [-0.15, -0.1) is 0 Å². The van der Waals surface area contributed by atoms with E-state index in [4.69, 9.17) is 4.52 Å². The van der Waals surface area contributed by atoms with Crippen molar-refractivity contribution in [3.05, 3.63) is 11.5 Å². The van der Waals surface area contributed by atoms with Crippen molar-refractivity contribution in [1.29, 1.82) is 0 Å². The van der Waals surface area contributed by atoms with Crippen molar-refractivity contribution in [3.63, 3.8) is 0 Å². The summed E-state index contributed by atoms with van der Waals surface area (Å²) in [6, 6.07) is -1.03. The highest BCUT2D eigenvalue weighted by atomic mass is 32.2. The van der Waals surface area contributed by atoms with E-state index in [1.807, 2.05) is 6.92 Å². The van der Waals surface area contributed by atoms with Crippen LogP contribution in [0.2, 0.25) is 0 Å². The number of aliphatic carboxylic acids is 1. The lowest BCUT2D eigenvalue weighted by molar-refractivity contribution is -0.143. The number of sulfonamides is 1. The Morgan fingerprint density at radius 3 is 2.62 bits per heavy atom. The van der Waals surface area contributed by atoms with Gasteiger partial charge in [0.2, 0.25) is 10.0 Å². The van der Waals surface area contributed by atoms with E-state index in [9.17, 15) is 18.3 Å². The van der Waals surface area contributed by atoms with Crippen molar-refractivity contribution >= 4 is 16.0 Å². The molecule has 1 saturated heterocycles. The zero-order chi connectivity index (χ0) is 15.8. The Morgan fingerprint density at radius 1 is 1.48 bits per heavy atom. The van der Waals surface area contributed by atoms with Crippen LogP contribution in [0.1, 0.15) is 37.6 Å². The first-order chi connectivity index (χ1) is 9.78. The van der Waals surface area contributed by atoms with E-state index in [-0.39, 0.29) is 28.8 Å². The van der Waals surface area contributed by atoms with Gasteiger partial charge >= 0.3 is 5.97 Å². The maximum atomic E-state index is 12.8. The quantitative estimate of drug-likeness (QED) is 0.904. The highest BCUT2D eigenvalue weighted by molar-refractivity contribution is 7.89. The molecule has 0 amide bonds. The first-order valence-electron chi connectivity index (χ1n) is 6.96. The first-order valence-corrected chi connectivity index (χ1v) is 8.40. The number of nitrogens with zero attached hydrogens (tertiary/aromatic N) is 2. The summed E-state index contributed by atoms with van der Waals surface area (Å²) in [5, 5.41) is 13.0. The second-order valence-corrected chi connectivity index (χ2v) is 7.25. The van der Waals surface area contributed by atoms with Crippen molar-refractivity contribution in [3.8, 4) is 0 Å². The van der Waals surface area contributed by atoms with Crippen LogP contribution in [0.15, 0.2) is 9.42 Å². The summed E-state index contributed by atoms with van der Waals surface area (Å²) in [6.45, 7) is 5.25. The number of aryl methyl sites for hydroxylation is 2. The van der Waals surface area contributed by atoms with Crippen LogP contribution in [0.3, 0.4) is 0 Å². The Balaban J connectivity index is 2.41. The number of carboxylic acid groups (broad SMARTS) is 1. The maximum absolute atomic E-state index is 12.8. The van der Waals surface area contributed by atoms with Gasteiger partial charge in [0, 0.05) is 6.54 Å². The third kappa shape index (κ3) is 2.82. The molecule has 2 atom stereocenters. The van der Waals surface area contributed by atoms with Crippen molar-refractivity contribution in [2.75, 3.05) is 6.54 Å². The Bertz CT molecular complexity index is 617. The van der Waals surface area contributed by atoms with Crippen LogP contribution in [0, 0.1) is 19.8 Å². The molecule has 2 unspecified atom stereocenters. The molecular weight excluding hydrogens is 296 g/mol. The van der Waals surface area contributed by atoms with Crippen molar-refractivity contribution < 1.29 is 22.8 Å². The third-order valence-electron chi connectivity index (χ3n) is 4.06. The predicted octanol–water partition coefficient (Wildman–Crippen LogP) is 1.56. The molecule has 7 nitrogen and oxygen atoms in total. The molecule has 2 heterocycles. The molecule has 1 N–H and O–H groups in total. The van der Waals surface area contributed by atoms with Crippen molar-refractivity contribution in [2.24, 2.45) is 5.92 Å². The molecule has 21 heavy (non-hydrogen) atoms. The van der Waals surface area contributed by atoms with Crippen LogP contribution in [-0.2, 0) is 14.8 Å². The molecule has 1 aromatic rings. The number of hydrogen-bond acceptors (Lipinski definition) is 5. The van der Waals surface area contributed by atoms with Crippen LogP contribution < -0.4 is 0 Å². The Morgan fingerprint density at radius 2 is 2.14 bits per heavy atom. The summed E-state index contributed by atoms with van der Waals surface area (Å²) in [7, 11) is -3.91. The van der Waals surface area contributed by atoms with Gasteiger partial charge in [0.15, 0.2) is 5.76 Å². The molecule has 2 rings (SSSR count). The Labute approximate surface area is 124 Å². The molecule has 1 aromatic heterocycles. The van der Waals surface area contributed by atoms with Gasteiger partial charge in [0.25, 0.3) is 0 Å². The van der Waals surface area contributed by atoms with Crippen molar-refractivity contribution in [1.82, 2.24) is 9.46 Å². The monoisotopic (exact) mass is 316 g/mol. The van der Waals surface area contributed by atoms with Gasteiger partial charge in [-0.25, -0.2) is 8.42 Å². The predicted molar refractivity (Wildman–Crippen MR) is 74.3 cm³/mol. The molecule has 1 aliphatic rings. The zero-order valence-corrected chi connectivity index (χ0v) is 13.2. The maximum Gasteiger partial charge on any atom is 0.322 e. The van der Waals surface area contributed by atoms with Gasteiger partial charge in [0.1, 0.15) is 16.6 Å². The summed E-state index contributed by atoms with van der Waals surface area (Å²) in [4.78, 5) is 11.5. The number of carboxylic acids is 1. The van der Waals surface area contributed by atoms with Crippen LogP contribution >= 0.6 is 0 Å². The molecular formula is C13H20N2O5S. The molecule has 0 aromatic carbocycles. The summed E-state index contributed by atoms with van der Waals surface area (Å²) in [5.41, 5.74) is 0.259. The van der Waals surface area contributed by atoms with Gasteiger partial charge < -0.3 is 9.63 Å². The smallest absolute Gasteiger partial charge is 0.322 e.